The number of thioether (sulfide) groups is 1. The van der Waals surface area contributed by atoms with Crippen molar-refractivity contribution in [2.24, 2.45) is 0 Å². The van der Waals surface area contributed by atoms with Gasteiger partial charge in [0.1, 0.15) is 18.1 Å². The van der Waals surface area contributed by atoms with Gasteiger partial charge in [0.15, 0.2) is 0 Å². The highest BCUT2D eigenvalue weighted by Gasteiger charge is 2.09. The molecule has 1 aromatic carbocycles. The summed E-state index contributed by atoms with van der Waals surface area (Å²) in [4.78, 5) is 7.29. The lowest BCUT2D eigenvalue weighted by Gasteiger charge is -2.06. The van der Waals surface area contributed by atoms with E-state index in [1.165, 1.54) is 11.8 Å². The molecular weight excluding hydrogens is 348 g/mol. The van der Waals surface area contributed by atoms with E-state index in [0.29, 0.717) is 17.7 Å². The number of rotatable bonds is 7. The molecule has 4 aromatic rings. The monoisotopic (exact) mass is 364 g/mol. The summed E-state index contributed by atoms with van der Waals surface area (Å²) >= 11 is 1.50. The van der Waals surface area contributed by atoms with Crippen molar-refractivity contribution in [2.45, 2.75) is 17.6 Å². The maximum atomic E-state index is 5.74. The maximum Gasteiger partial charge on any atom is 0.277 e. The fraction of sp³-hybridized carbons (Fsp3) is 0.105. The molecular formula is C19H16N4O2S. The van der Waals surface area contributed by atoms with Gasteiger partial charge in [-0.2, -0.15) is 0 Å². The highest BCUT2D eigenvalue weighted by Crippen LogP contribution is 2.25. The van der Waals surface area contributed by atoms with E-state index in [-0.39, 0.29) is 0 Å². The Hall–Kier alpha value is -3.06. The maximum absolute atomic E-state index is 5.74. The molecule has 0 radical (unpaired) electrons. The zero-order valence-electron chi connectivity index (χ0n) is 13.8. The van der Waals surface area contributed by atoms with Gasteiger partial charge in [0.05, 0.1) is 5.69 Å². The summed E-state index contributed by atoms with van der Waals surface area (Å²) < 4.78 is 11.4. The summed E-state index contributed by atoms with van der Waals surface area (Å²) in [6.07, 6.45) is 3.58. The molecule has 0 saturated carbocycles. The number of nitrogens with one attached hydrogen (secondary N) is 1. The van der Waals surface area contributed by atoms with Crippen molar-refractivity contribution in [3.05, 3.63) is 78.2 Å². The van der Waals surface area contributed by atoms with Gasteiger partial charge in [0, 0.05) is 18.1 Å². The van der Waals surface area contributed by atoms with Crippen LogP contribution in [-0.4, -0.2) is 20.2 Å². The van der Waals surface area contributed by atoms with Crippen LogP contribution in [0.3, 0.4) is 0 Å². The summed E-state index contributed by atoms with van der Waals surface area (Å²) in [6, 6.07) is 17.5. The Labute approximate surface area is 154 Å². The standard InChI is InChI=1S/C19H16N4O2S/c1-2-10-20-15(4-1)12-24-16-8-6-14(7-9-16)13-26-19-23-22-18(25-19)17-5-3-11-21-17/h1-11,21H,12-13H2. The third-order valence-electron chi connectivity index (χ3n) is 3.63. The lowest BCUT2D eigenvalue weighted by Crippen LogP contribution is -1.97. The van der Waals surface area contributed by atoms with E-state index in [2.05, 4.69) is 20.2 Å². The second-order valence-corrected chi connectivity index (χ2v) is 6.43. The molecule has 0 amide bonds. The van der Waals surface area contributed by atoms with Crippen molar-refractivity contribution in [1.29, 1.82) is 0 Å². The fourth-order valence-electron chi connectivity index (χ4n) is 2.31. The summed E-state index contributed by atoms with van der Waals surface area (Å²) in [6.45, 7) is 0.457. The Morgan fingerprint density at radius 1 is 1.00 bits per heavy atom. The highest BCUT2D eigenvalue weighted by atomic mass is 32.2. The molecule has 1 N–H and O–H groups in total. The normalized spacial score (nSPS) is 10.8. The molecule has 0 aliphatic heterocycles. The molecule has 7 heteroatoms. The first kappa shape index (κ1) is 16.4. The van der Waals surface area contributed by atoms with E-state index >= 15 is 0 Å². The lowest BCUT2D eigenvalue weighted by molar-refractivity contribution is 0.301. The number of hydrogen-bond acceptors (Lipinski definition) is 6. The fourth-order valence-corrected chi connectivity index (χ4v) is 3.03. The topological polar surface area (TPSA) is 76.8 Å². The predicted octanol–water partition coefficient (Wildman–Crippen LogP) is 4.33. The molecule has 26 heavy (non-hydrogen) atoms. The Morgan fingerprint density at radius 2 is 1.92 bits per heavy atom. The second-order valence-electron chi connectivity index (χ2n) is 5.50. The van der Waals surface area contributed by atoms with Crippen LogP contribution in [0.25, 0.3) is 11.6 Å². The molecule has 0 unspecified atom stereocenters. The van der Waals surface area contributed by atoms with Crippen LogP contribution in [0.2, 0.25) is 0 Å². The van der Waals surface area contributed by atoms with Gasteiger partial charge >= 0.3 is 0 Å². The molecule has 6 nitrogen and oxygen atoms in total. The van der Waals surface area contributed by atoms with Gasteiger partial charge in [-0.15, -0.1) is 10.2 Å². The van der Waals surface area contributed by atoms with Crippen molar-refractivity contribution >= 4 is 11.8 Å². The molecule has 0 aliphatic carbocycles. The van der Waals surface area contributed by atoms with Gasteiger partial charge in [-0.1, -0.05) is 30.0 Å². The number of aromatic nitrogens is 4. The Morgan fingerprint density at radius 3 is 2.69 bits per heavy atom. The Balaban J connectivity index is 1.30. The first-order valence-corrected chi connectivity index (χ1v) is 9.07. The summed E-state index contributed by atoms with van der Waals surface area (Å²) in [5, 5.41) is 8.65. The molecule has 3 aromatic heterocycles. The summed E-state index contributed by atoms with van der Waals surface area (Å²) in [5.74, 6) is 2.05. The number of ether oxygens (including phenoxy) is 1. The minimum absolute atomic E-state index is 0.457. The van der Waals surface area contributed by atoms with Crippen molar-refractivity contribution < 1.29 is 9.15 Å². The van der Waals surface area contributed by atoms with Crippen molar-refractivity contribution in [3.8, 4) is 17.3 Å². The predicted molar refractivity (Wildman–Crippen MR) is 98.7 cm³/mol. The summed E-state index contributed by atoms with van der Waals surface area (Å²) in [5.41, 5.74) is 2.87. The van der Waals surface area contributed by atoms with Crippen LogP contribution >= 0.6 is 11.8 Å². The number of nitrogens with zero attached hydrogens (tertiary/aromatic N) is 3. The molecule has 0 saturated heterocycles. The van der Waals surface area contributed by atoms with Crippen LogP contribution in [0.1, 0.15) is 11.3 Å². The number of aromatic amines is 1. The first-order chi connectivity index (χ1) is 12.9. The van der Waals surface area contributed by atoms with Gasteiger partial charge in [-0.3, -0.25) is 4.98 Å². The van der Waals surface area contributed by atoms with Crippen LogP contribution < -0.4 is 4.74 Å². The summed E-state index contributed by atoms with van der Waals surface area (Å²) in [7, 11) is 0. The Bertz CT molecular complexity index is 937. The second kappa shape index (κ2) is 7.88. The van der Waals surface area contributed by atoms with Crippen molar-refractivity contribution in [3.63, 3.8) is 0 Å². The first-order valence-electron chi connectivity index (χ1n) is 8.08. The zero-order chi connectivity index (χ0) is 17.6. The van der Waals surface area contributed by atoms with Gasteiger partial charge < -0.3 is 14.1 Å². The highest BCUT2D eigenvalue weighted by molar-refractivity contribution is 7.98. The quantitative estimate of drug-likeness (QED) is 0.492. The zero-order valence-corrected chi connectivity index (χ0v) is 14.6. The Kier molecular flexibility index (Phi) is 4.97. The average Bonchev–Trinajstić information content (AvgIpc) is 3.38. The van der Waals surface area contributed by atoms with E-state index in [9.17, 15) is 0 Å². The molecule has 3 heterocycles. The average molecular weight is 364 g/mol. The lowest BCUT2D eigenvalue weighted by atomic mass is 10.2. The van der Waals surface area contributed by atoms with E-state index in [4.69, 9.17) is 9.15 Å². The molecule has 4 rings (SSSR count). The van der Waals surface area contributed by atoms with Gasteiger partial charge in [-0.25, -0.2) is 0 Å². The van der Waals surface area contributed by atoms with Crippen molar-refractivity contribution in [2.75, 3.05) is 0 Å². The minimum Gasteiger partial charge on any atom is -0.487 e. The third kappa shape index (κ3) is 4.12. The van der Waals surface area contributed by atoms with Crippen LogP contribution in [-0.2, 0) is 12.4 Å². The number of pyridine rings is 1. The molecule has 0 fully saturated rings. The van der Waals surface area contributed by atoms with Crippen LogP contribution in [0.5, 0.6) is 5.75 Å². The van der Waals surface area contributed by atoms with E-state index < -0.39 is 0 Å². The molecule has 0 aliphatic rings. The number of benzene rings is 1. The third-order valence-corrected chi connectivity index (χ3v) is 4.52. The van der Waals surface area contributed by atoms with E-state index in [1.54, 1.807) is 6.20 Å². The number of H-pyrrole nitrogens is 1. The van der Waals surface area contributed by atoms with Gasteiger partial charge in [-0.05, 0) is 42.0 Å². The largest absolute Gasteiger partial charge is 0.487 e. The van der Waals surface area contributed by atoms with Crippen molar-refractivity contribution in [1.82, 2.24) is 20.2 Å². The van der Waals surface area contributed by atoms with E-state index in [1.807, 2.05) is 60.8 Å². The van der Waals surface area contributed by atoms with Gasteiger partial charge in [0.2, 0.25) is 0 Å². The molecule has 0 spiro atoms. The molecule has 0 atom stereocenters. The molecule has 130 valence electrons. The SMILES string of the molecule is c1ccc(COc2ccc(CSc3nnc(-c4ccc[nH]4)o3)cc2)nc1. The minimum atomic E-state index is 0.457. The van der Waals surface area contributed by atoms with Crippen LogP contribution in [0.15, 0.2) is 76.6 Å². The van der Waals surface area contributed by atoms with Crippen LogP contribution in [0, 0.1) is 0 Å². The number of hydrogen-bond donors (Lipinski definition) is 1. The van der Waals surface area contributed by atoms with Crippen LogP contribution in [0.4, 0.5) is 0 Å². The van der Waals surface area contributed by atoms with Gasteiger partial charge in [0.25, 0.3) is 11.1 Å². The van der Waals surface area contributed by atoms with E-state index in [0.717, 1.165) is 28.5 Å². The molecule has 0 bridgehead atoms. The smallest absolute Gasteiger partial charge is 0.277 e.